The molecule has 0 unspecified atom stereocenters. The van der Waals surface area contributed by atoms with E-state index in [9.17, 15) is 9.18 Å². The maximum atomic E-state index is 13.6. The lowest BCUT2D eigenvalue weighted by molar-refractivity contribution is 0.0556. The number of rotatable bonds is 3. The molecule has 1 aliphatic heterocycles. The van der Waals surface area contributed by atoms with Crippen LogP contribution in [-0.2, 0) is 4.74 Å². The summed E-state index contributed by atoms with van der Waals surface area (Å²) in [6.45, 7) is 1.18. The minimum atomic E-state index is -1.29. The third-order valence-corrected chi connectivity index (χ3v) is 4.59. The fourth-order valence-electron chi connectivity index (χ4n) is 2.95. The number of halogens is 1. The molecule has 1 aliphatic rings. The molecule has 27 heavy (non-hydrogen) atoms. The third kappa shape index (κ3) is 5.02. The van der Waals surface area contributed by atoms with E-state index in [4.69, 9.17) is 20.4 Å². The van der Waals surface area contributed by atoms with Gasteiger partial charge in [0.15, 0.2) is 0 Å². The van der Waals surface area contributed by atoms with Gasteiger partial charge in [0.2, 0.25) is 5.91 Å². The molecule has 0 saturated carbocycles. The highest BCUT2D eigenvalue weighted by atomic mass is 19.1. The fourth-order valence-corrected chi connectivity index (χ4v) is 2.95. The van der Waals surface area contributed by atoms with Crippen LogP contribution in [-0.4, -0.2) is 40.2 Å². The first kappa shape index (κ1) is 19.3. The first-order valence-corrected chi connectivity index (χ1v) is 8.80. The number of carbonyl (C=O) groups excluding carboxylic acids is 1. The van der Waals surface area contributed by atoms with Crippen LogP contribution in [0.3, 0.4) is 0 Å². The van der Waals surface area contributed by atoms with Gasteiger partial charge in [-0.1, -0.05) is 24.0 Å². The molecule has 0 bridgehead atoms. The van der Waals surface area contributed by atoms with Crippen LogP contribution in [0.25, 0.3) is 0 Å². The molecule has 1 amide bonds. The average Bonchev–Trinajstić information content (AvgIpc) is 2.68. The van der Waals surface area contributed by atoms with Crippen molar-refractivity contribution in [2.45, 2.75) is 18.2 Å². The first-order valence-electron chi connectivity index (χ1n) is 8.80. The summed E-state index contributed by atoms with van der Waals surface area (Å²) in [7, 11) is 12.2. The molecular formula is C21H18B2FNO2. The summed E-state index contributed by atoms with van der Waals surface area (Å²) in [6.07, 6.45) is 1.41. The van der Waals surface area contributed by atoms with Crippen LogP contribution < -0.4 is 5.32 Å². The fraction of sp³-hybridized carbons (Fsp3) is 0.286. The van der Waals surface area contributed by atoms with Gasteiger partial charge in [0, 0.05) is 24.3 Å². The Labute approximate surface area is 161 Å². The second kappa shape index (κ2) is 8.45. The van der Waals surface area contributed by atoms with Crippen molar-refractivity contribution in [2.24, 2.45) is 5.92 Å². The summed E-state index contributed by atoms with van der Waals surface area (Å²) in [4.78, 5) is 12.5. The highest BCUT2D eigenvalue weighted by Gasteiger charge is 2.31. The van der Waals surface area contributed by atoms with E-state index >= 15 is 0 Å². The second-order valence-corrected chi connectivity index (χ2v) is 6.58. The molecule has 4 radical (unpaired) electrons. The van der Waals surface area contributed by atoms with E-state index in [1.807, 2.05) is 0 Å². The molecule has 6 heteroatoms. The van der Waals surface area contributed by atoms with Gasteiger partial charge in [-0.05, 0) is 60.5 Å². The largest absolute Gasteiger partial charge is 0.381 e. The Hall–Kier alpha value is -2.51. The van der Waals surface area contributed by atoms with Gasteiger partial charge in [-0.15, -0.1) is 0 Å². The van der Waals surface area contributed by atoms with Crippen molar-refractivity contribution in [1.29, 1.82) is 0 Å². The topological polar surface area (TPSA) is 38.3 Å². The SMILES string of the molecule is [B]C([B])(NC(=O)c1ccc(C#Cc2ccccc2F)cc1)C1CCOCC1. The summed E-state index contributed by atoms with van der Waals surface area (Å²) >= 11 is 0. The first-order chi connectivity index (χ1) is 13.0. The zero-order valence-corrected chi connectivity index (χ0v) is 14.9. The lowest BCUT2D eigenvalue weighted by atomic mass is 9.53. The Bertz CT molecular complexity index is 866. The maximum Gasteiger partial charge on any atom is 0.250 e. The highest BCUT2D eigenvalue weighted by Crippen LogP contribution is 2.23. The Morgan fingerprint density at radius 1 is 1.07 bits per heavy atom. The predicted molar refractivity (Wildman–Crippen MR) is 104 cm³/mol. The van der Waals surface area contributed by atoms with Gasteiger partial charge in [-0.25, -0.2) is 4.39 Å². The number of nitrogens with one attached hydrogen (secondary N) is 1. The molecule has 2 aromatic rings. The molecule has 132 valence electrons. The number of benzene rings is 2. The van der Waals surface area contributed by atoms with Crippen molar-refractivity contribution in [2.75, 3.05) is 13.2 Å². The zero-order valence-electron chi connectivity index (χ0n) is 14.9. The van der Waals surface area contributed by atoms with Crippen molar-refractivity contribution in [3.05, 3.63) is 71.0 Å². The summed E-state index contributed by atoms with van der Waals surface area (Å²) < 4.78 is 18.9. The van der Waals surface area contributed by atoms with Crippen LogP contribution in [0, 0.1) is 23.6 Å². The van der Waals surface area contributed by atoms with Crippen molar-refractivity contribution in [1.82, 2.24) is 5.32 Å². The van der Waals surface area contributed by atoms with Gasteiger partial charge >= 0.3 is 0 Å². The monoisotopic (exact) mass is 357 g/mol. The van der Waals surface area contributed by atoms with Crippen LogP contribution in [0.2, 0.25) is 0 Å². The van der Waals surface area contributed by atoms with E-state index in [2.05, 4.69) is 17.2 Å². The average molecular weight is 357 g/mol. The predicted octanol–water partition coefficient (Wildman–Crippen LogP) is 2.37. The molecule has 0 aromatic heterocycles. The van der Waals surface area contributed by atoms with Crippen LogP contribution in [0.5, 0.6) is 0 Å². The van der Waals surface area contributed by atoms with Crippen LogP contribution in [0.4, 0.5) is 4.39 Å². The molecule has 3 rings (SSSR count). The summed E-state index contributed by atoms with van der Waals surface area (Å²) in [6, 6.07) is 13.0. The molecule has 1 N–H and O–H groups in total. The molecule has 0 aliphatic carbocycles. The van der Waals surface area contributed by atoms with E-state index < -0.39 is 5.34 Å². The van der Waals surface area contributed by atoms with Crippen molar-refractivity contribution < 1.29 is 13.9 Å². The van der Waals surface area contributed by atoms with E-state index in [1.54, 1.807) is 42.5 Å². The van der Waals surface area contributed by atoms with Gasteiger partial charge in [-0.2, -0.15) is 0 Å². The Morgan fingerprint density at radius 2 is 1.74 bits per heavy atom. The molecule has 0 atom stereocenters. The van der Waals surface area contributed by atoms with Gasteiger partial charge in [0.1, 0.15) is 5.82 Å². The molecular weight excluding hydrogens is 339 g/mol. The Morgan fingerprint density at radius 3 is 2.41 bits per heavy atom. The van der Waals surface area contributed by atoms with E-state index in [1.165, 1.54) is 6.07 Å². The minimum Gasteiger partial charge on any atom is -0.381 e. The second-order valence-electron chi connectivity index (χ2n) is 6.58. The van der Waals surface area contributed by atoms with E-state index in [0.717, 1.165) is 0 Å². The number of hydrogen-bond acceptors (Lipinski definition) is 2. The van der Waals surface area contributed by atoms with Crippen molar-refractivity contribution in [3.63, 3.8) is 0 Å². The Balaban J connectivity index is 1.66. The summed E-state index contributed by atoms with van der Waals surface area (Å²) in [5.41, 5.74) is 1.43. The van der Waals surface area contributed by atoms with Crippen molar-refractivity contribution in [3.8, 4) is 11.8 Å². The molecule has 1 heterocycles. The summed E-state index contributed by atoms with van der Waals surface area (Å²) in [5, 5.41) is 1.41. The standard InChI is InChI=1S/C21H18B2FNO2/c22-21(23,18-11-13-27-14-12-18)25-20(26)17-9-6-15(7-10-17)5-8-16-3-1-2-4-19(16)24/h1-4,6-7,9-10,18H,11-14H2,(H,25,26). The molecule has 2 aromatic carbocycles. The number of ether oxygens (including phenoxy) is 1. The zero-order chi connectivity index (χ0) is 19.3. The number of carbonyl (C=O) groups is 1. The maximum absolute atomic E-state index is 13.6. The number of amides is 1. The third-order valence-electron chi connectivity index (χ3n) is 4.59. The van der Waals surface area contributed by atoms with E-state index in [0.29, 0.717) is 42.7 Å². The quantitative estimate of drug-likeness (QED) is 0.677. The van der Waals surface area contributed by atoms with Crippen molar-refractivity contribution >= 4 is 21.6 Å². The number of hydrogen-bond donors (Lipinski definition) is 1. The van der Waals surface area contributed by atoms with Gasteiger partial charge in [0.05, 0.1) is 21.3 Å². The summed E-state index contributed by atoms with van der Waals surface area (Å²) in [5.74, 6) is 4.91. The Kier molecular flexibility index (Phi) is 6.03. The van der Waals surface area contributed by atoms with Crippen LogP contribution in [0.1, 0.15) is 34.3 Å². The molecule has 1 fully saturated rings. The minimum absolute atomic E-state index is 0.0406. The van der Waals surface area contributed by atoms with Gasteiger partial charge in [-0.3, -0.25) is 4.79 Å². The lowest BCUT2D eigenvalue weighted by Crippen LogP contribution is -2.56. The van der Waals surface area contributed by atoms with Gasteiger partial charge < -0.3 is 10.1 Å². The molecule has 3 nitrogen and oxygen atoms in total. The highest BCUT2D eigenvalue weighted by molar-refractivity contribution is 6.41. The normalized spacial score (nSPS) is 14.9. The van der Waals surface area contributed by atoms with Crippen LogP contribution >= 0.6 is 0 Å². The lowest BCUT2D eigenvalue weighted by Gasteiger charge is -2.38. The van der Waals surface area contributed by atoms with Gasteiger partial charge in [0.25, 0.3) is 0 Å². The van der Waals surface area contributed by atoms with E-state index in [-0.39, 0.29) is 17.6 Å². The molecule has 1 saturated heterocycles. The van der Waals surface area contributed by atoms with Crippen LogP contribution in [0.15, 0.2) is 48.5 Å². The smallest absolute Gasteiger partial charge is 0.250 e. The molecule has 0 spiro atoms.